The summed E-state index contributed by atoms with van der Waals surface area (Å²) in [5.74, 6) is 1.73. The lowest BCUT2D eigenvalue weighted by atomic mass is 9.96. The van der Waals surface area contributed by atoms with E-state index < -0.39 is 0 Å². The zero-order valence-corrected chi connectivity index (χ0v) is 29.9. The molecule has 56 heavy (non-hydrogen) atoms. The van der Waals surface area contributed by atoms with Crippen molar-refractivity contribution in [1.29, 1.82) is 0 Å². The molecule has 5 nitrogen and oxygen atoms in total. The van der Waals surface area contributed by atoms with Crippen molar-refractivity contribution in [2.75, 3.05) is 0 Å². The minimum absolute atomic E-state index is 0.569. The zero-order valence-electron chi connectivity index (χ0n) is 29.9. The van der Waals surface area contributed by atoms with Crippen molar-refractivity contribution < 1.29 is 8.83 Å². The monoisotopic (exact) mass is 715 g/mol. The first-order valence-electron chi connectivity index (χ1n) is 18.8. The summed E-state index contributed by atoms with van der Waals surface area (Å²) in [6.07, 6.45) is 0. The van der Waals surface area contributed by atoms with Gasteiger partial charge in [-0.1, -0.05) is 140 Å². The Balaban J connectivity index is 1.12. The highest BCUT2D eigenvalue weighted by Gasteiger charge is 2.21. The highest BCUT2D eigenvalue weighted by atomic mass is 16.3. The second kappa shape index (κ2) is 11.9. The largest absolute Gasteiger partial charge is 0.456 e. The van der Waals surface area contributed by atoms with Crippen LogP contribution in [0, 0.1) is 0 Å². The maximum absolute atomic E-state index is 6.54. The third kappa shape index (κ3) is 4.71. The zero-order chi connectivity index (χ0) is 36.7. The molecule has 0 radical (unpaired) electrons. The number of para-hydroxylation sites is 1. The molecule has 12 rings (SSSR count). The third-order valence-corrected chi connectivity index (χ3v) is 11.1. The van der Waals surface area contributed by atoms with Gasteiger partial charge in [-0.25, -0.2) is 15.0 Å². The fourth-order valence-electron chi connectivity index (χ4n) is 8.49. The number of furan rings is 2. The Bertz CT molecular complexity index is 3550. The minimum Gasteiger partial charge on any atom is -0.456 e. The average molecular weight is 716 g/mol. The van der Waals surface area contributed by atoms with E-state index in [0.29, 0.717) is 17.5 Å². The standard InChI is InChI=1S/C51H29N3O2/c1-2-10-30(11-3-1)33-24-27-39-46(29-33)56-45-19-9-16-41(48(39)45)51-53-49(52-50(54-51)40-15-8-18-44-47(40)38-14-6-7-17-43(38)55-44)34-21-20-32-23-25-36-35-13-5-4-12-31(35)22-26-37(36)42(32)28-34/h1-29H. The number of fused-ring (bicyclic) bond motifs is 11. The van der Waals surface area contributed by atoms with Crippen molar-refractivity contribution in [1.82, 2.24) is 15.0 Å². The molecule has 0 N–H and O–H groups in total. The summed E-state index contributed by atoms with van der Waals surface area (Å²) in [4.78, 5) is 15.8. The predicted molar refractivity (Wildman–Crippen MR) is 229 cm³/mol. The van der Waals surface area contributed by atoms with Crippen LogP contribution in [0.25, 0.3) is 121 Å². The van der Waals surface area contributed by atoms with Crippen LogP contribution in [0.15, 0.2) is 185 Å². The van der Waals surface area contributed by atoms with Gasteiger partial charge in [0.25, 0.3) is 0 Å². The second-order valence-electron chi connectivity index (χ2n) is 14.3. The van der Waals surface area contributed by atoms with E-state index in [1.807, 2.05) is 48.5 Å². The fourth-order valence-corrected chi connectivity index (χ4v) is 8.49. The van der Waals surface area contributed by atoms with Crippen molar-refractivity contribution in [3.05, 3.63) is 176 Å². The fraction of sp³-hybridized carbons (Fsp3) is 0. The summed E-state index contributed by atoms with van der Waals surface area (Å²) in [5, 5.41) is 11.1. The molecule has 0 atom stereocenters. The van der Waals surface area contributed by atoms with E-state index in [4.69, 9.17) is 23.8 Å². The number of benzene rings is 9. The topological polar surface area (TPSA) is 65.0 Å². The Labute approximate surface area is 320 Å². The third-order valence-electron chi connectivity index (χ3n) is 11.1. The van der Waals surface area contributed by atoms with Crippen LogP contribution >= 0.6 is 0 Å². The Morgan fingerprint density at radius 3 is 1.59 bits per heavy atom. The molecule has 3 aromatic heterocycles. The van der Waals surface area contributed by atoms with E-state index in [1.165, 1.54) is 21.5 Å². The average Bonchev–Trinajstić information content (AvgIpc) is 3.84. The number of hydrogen-bond donors (Lipinski definition) is 0. The molecule has 9 aromatic carbocycles. The number of rotatable bonds is 4. The Morgan fingerprint density at radius 1 is 0.286 bits per heavy atom. The molecule has 3 heterocycles. The minimum atomic E-state index is 0.569. The normalized spacial score (nSPS) is 11.9. The molecular weight excluding hydrogens is 687 g/mol. The van der Waals surface area contributed by atoms with E-state index in [0.717, 1.165) is 82.5 Å². The summed E-state index contributed by atoms with van der Waals surface area (Å²) in [6, 6.07) is 61.0. The first kappa shape index (κ1) is 30.8. The quantitative estimate of drug-likeness (QED) is 0.170. The summed E-state index contributed by atoms with van der Waals surface area (Å²) in [5.41, 5.74) is 8.10. The lowest BCUT2D eigenvalue weighted by Crippen LogP contribution is -2.01. The maximum atomic E-state index is 6.54. The van der Waals surface area contributed by atoms with Crippen LogP contribution in [-0.2, 0) is 0 Å². The molecule has 0 amide bonds. The van der Waals surface area contributed by atoms with Crippen molar-refractivity contribution >= 4 is 76.2 Å². The molecule has 0 spiro atoms. The molecule has 0 bridgehead atoms. The Kier molecular flexibility index (Phi) is 6.56. The van der Waals surface area contributed by atoms with Crippen molar-refractivity contribution in [3.63, 3.8) is 0 Å². The van der Waals surface area contributed by atoms with Gasteiger partial charge in [0.2, 0.25) is 0 Å². The van der Waals surface area contributed by atoms with Crippen molar-refractivity contribution in [3.8, 4) is 45.3 Å². The Morgan fingerprint density at radius 2 is 0.821 bits per heavy atom. The van der Waals surface area contributed by atoms with Crippen LogP contribution in [0.1, 0.15) is 0 Å². The molecular formula is C51H29N3O2. The van der Waals surface area contributed by atoms with Gasteiger partial charge in [-0.3, -0.25) is 0 Å². The molecule has 0 aliphatic rings. The first-order valence-corrected chi connectivity index (χ1v) is 18.8. The molecule has 5 heteroatoms. The van der Waals surface area contributed by atoms with Gasteiger partial charge in [0.1, 0.15) is 22.3 Å². The molecule has 12 aromatic rings. The lowest BCUT2D eigenvalue weighted by molar-refractivity contribution is 0.668. The van der Waals surface area contributed by atoms with Crippen LogP contribution in [0.4, 0.5) is 0 Å². The van der Waals surface area contributed by atoms with Gasteiger partial charge in [-0.05, 0) is 79.8 Å². The highest BCUT2D eigenvalue weighted by Crippen LogP contribution is 2.41. The van der Waals surface area contributed by atoms with Gasteiger partial charge >= 0.3 is 0 Å². The van der Waals surface area contributed by atoms with Gasteiger partial charge in [0.15, 0.2) is 17.5 Å². The van der Waals surface area contributed by atoms with E-state index in [1.54, 1.807) is 0 Å². The summed E-state index contributed by atoms with van der Waals surface area (Å²) < 4.78 is 12.9. The van der Waals surface area contributed by atoms with Crippen molar-refractivity contribution in [2.45, 2.75) is 0 Å². The lowest BCUT2D eigenvalue weighted by Gasteiger charge is -2.12. The molecule has 0 aliphatic heterocycles. The number of nitrogens with zero attached hydrogens (tertiary/aromatic N) is 3. The van der Waals surface area contributed by atoms with Gasteiger partial charge in [-0.15, -0.1) is 0 Å². The van der Waals surface area contributed by atoms with Crippen LogP contribution in [-0.4, -0.2) is 15.0 Å². The molecule has 0 aliphatic carbocycles. The van der Waals surface area contributed by atoms with E-state index in [2.05, 4.69) is 127 Å². The molecule has 260 valence electrons. The summed E-state index contributed by atoms with van der Waals surface area (Å²) in [6.45, 7) is 0. The molecule has 0 saturated carbocycles. The maximum Gasteiger partial charge on any atom is 0.164 e. The first-order chi connectivity index (χ1) is 27.7. The van der Waals surface area contributed by atoms with Crippen LogP contribution in [0.3, 0.4) is 0 Å². The SMILES string of the molecule is c1ccc(-c2ccc3c(c2)oc2cccc(-c4nc(-c5ccc6ccc7c8ccccc8ccc7c6c5)nc(-c5cccc6oc7ccccc7c56)n4)c23)cc1. The summed E-state index contributed by atoms with van der Waals surface area (Å²) >= 11 is 0. The van der Waals surface area contributed by atoms with Gasteiger partial charge < -0.3 is 8.83 Å². The number of aromatic nitrogens is 3. The smallest absolute Gasteiger partial charge is 0.164 e. The van der Waals surface area contributed by atoms with Gasteiger partial charge in [-0.2, -0.15) is 0 Å². The van der Waals surface area contributed by atoms with Crippen LogP contribution < -0.4 is 0 Å². The van der Waals surface area contributed by atoms with Crippen molar-refractivity contribution in [2.24, 2.45) is 0 Å². The predicted octanol–water partition coefficient (Wildman–Crippen LogP) is 13.8. The highest BCUT2D eigenvalue weighted by molar-refractivity contribution is 6.18. The van der Waals surface area contributed by atoms with Crippen LogP contribution in [0.5, 0.6) is 0 Å². The summed E-state index contributed by atoms with van der Waals surface area (Å²) in [7, 11) is 0. The van der Waals surface area contributed by atoms with Crippen LogP contribution in [0.2, 0.25) is 0 Å². The molecule has 0 fully saturated rings. The number of hydrogen-bond acceptors (Lipinski definition) is 5. The van der Waals surface area contributed by atoms with E-state index >= 15 is 0 Å². The molecule has 0 saturated heterocycles. The van der Waals surface area contributed by atoms with Gasteiger partial charge in [0.05, 0.1) is 0 Å². The van der Waals surface area contributed by atoms with Gasteiger partial charge in [0, 0.05) is 38.2 Å². The van der Waals surface area contributed by atoms with E-state index in [9.17, 15) is 0 Å². The molecule has 0 unspecified atom stereocenters. The Hall–Kier alpha value is -7.63. The van der Waals surface area contributed by atoms with E-state index in [-0.39, 0.29) is 0 Å². The second-order valence-corrected chi connectivity index (χ2v) is 14.3.